The van der Waals surface area contributed by atoms with Crippen LogP contribution in [0.2, 0.25) is 0 Å². The Bertz CT molecular complexity index is 666. The molecule has 0 atom stereocenters. The molecule has 21 heavy (non-hydrogen) atoms. The predicted molar refractivity (Wildman–Crippen MR) is 85.9 cm³/mol. The first-order chi connectivity index (χ1) is 10.0. The summed E-state index contributed by atoms with van der Waals surface area (Å²) in [6.45, 7) is 6.38. The zero-order valence-corrected chi connectivity index (χ0v) is 12.6. The molecule has 0 aliphatic carbocycles. The third-order valence-electron chi connectivity index (χ3n) is 3.26. The van der Waals surface area contributed by atoms with Crippen molar-refractivity contribution in [3.63, 3.8) is 0 Å². The van der Waals surface area contributed by atoms with Crippen LogP contribution < -0.4 is 15.8 Å². The number of carbonyl (C=O) groups is 1. The van der Waals surface area contributed by atoms with Gasteiger partial charge in [0.05, 0.1) is 6.61 Å². The molecule has 0 bridgehead atoms. The van der Waals surface area contributed by atoms with E-state index in [1.165, 1.54) is 0 Å². The van der Waals surface area contributed by atoms with Crippen molar-refractivity contribution in [2.45, 2.75) is 20.8 Å². The van der Waals surface area contributed by atoms with Gasteiger partial charge >= 0.3 is 0 Å². The van der Waals surface area contributed by atoms with Crippen molar-refractivity contribution >= 4 is 17.3 Å². The number of nitrogens with one attached hydrogen (secondary N) is 1. The maximum absolute atomic E-state index is 12.4. The Morgan fingerprint density at radius 1 is 1.14 bits per heavy atom. The number of benzene rings is 2. The van der Waals surface area contributed by atoms with Gasteiger partial charge in [0.15, 0.2) is 0 Å². The van der Waals surface area contributed by atoms with E-state index < -0.39 is 0 Å². The molecule has 0 aromatic heterocycles. The number of ether oxygens (including phenoxy) is 1. The van der Waals surface area contributed by atoms with E-state index in [-0.39, 0.29) is 5.91 Å². The second-order valence-corrected chi connectivity index (χ2v) is 4.94. The summed E-state index contributed by atoms with van der Waals surface area (Å²) in [6.07, 6.45) is 0. The van der Waals surface area contributed by atoms with E-state index in [4.69, 9.17) is 10.5 Å². The Balaban J connectivity index is 2.21. The number of aryl methyl sites for hydroxylation is 2. The molecular formula is C17H20N2O2. The van der Waals surface area contributed by atoms with E-state index >= 15 is 0 Å². The molecule has 0 saturated carbocycles. The Morgan fingerprint density at radius 3 is 2.57 bits per heavy atom. The number of hydrogen-bond donors (Lipinski definition) is 2. The van der Waals surface area contributed by atoms with Gasteiger partial charge < -0.3 is 15.8 Å². The van der Waals surface area contributed by atoms with E-state index in [9.17, 15) is 4.79 Å². The molecule has 0 aliphatic rings. The summed E-state index contributed by atoms with van der Waals surface area (Å²) < 4.78 is 5.44. The number of nitrogen functional groups attached to an aromatic ring is 1. The second-order valence-electron chi connectivity index (χ2n) is 4.94. The summed E-state index contributed by atoms with van der Waals surface area (Å²) in [5, 5.41) is 2.91. The summed E-state index contributed by atoms with van der Waals surface area (Å²) in [4.78, 5) is 12.4. The van der Waals surface area contributed by atoms with Gasteiger partial charge in [-0.25, -0.2) is 0 Å². The van der Waals surface area contributed by atoms with Gasteiger partial charge in [-0.2, -0.15) is 0 Å². The van der Waals surface area contributed by atoms with Crippen molar-refractivity contribution in [2.75, 3.05) is 17.7 Å². The largest absolute Gasteiger partial charge is 0.494 e. The van der Waals surface area contributed by atoms with Crippen LogP contribution in [0.3, 0.4) is 0 Å². The molecular weight excluding hydrogens is 264 g/mol. The highest BCUT2D eigenvalue weighted by Crippen LogP contribution is 2.23. The summed E-state index contributed by atoms with van der Waals surface area (Å²) in [7, 11) is 0. The van der Waals surface area contributed by atoms with Crippen molar-refractivity contribution < 1.29 is 9.53 Å². The van der Waals surface area contributed by atoms with Crippen LogP contribution in [0, 0.1) is 13.8 Å². The zero-order chi connectivity index (χ0) is 15.4. The van der Waals surface area contributed by atoms with Crippen LogP contribution in [-0.2, 0) is 0 Å². The van der Waals surface area contributed by atoms with Gasteiger partial charge in [-0.3, -0.25) is 4.79 Å². The first kappa shape index (κ1) is 14.9. The highest BCUT2D eigenvalue weighted by atomic mass is 16.5. The van der Waals surface area contributed by atoms with Gasteiger partial charge in [-0.15, -0.1) is 0 Å². The number of rotatable bonds is 4. The fourth-order valence-corrected chi connectivity index (χ4v) is 2.11. The lowest BCUT2D eigenvalue weighted by Gasteiger charge is -2.12. The van der Waals surface area contributed by atoms with Gasteiger partial charge in [0.25, 0.3) is 5.91 Å². The first-order valence-corrected chi connectivity index (χ1v) is 6.92. The Labute approximate surface area is 124 Å². The molecule has 2 aromatic carbocycles. The average Bonchev–Trinajstić information content (AvgIpc) is 2.44. The SMILES string of the molecule is CCOc1ccc(NC(=O)c2cc(N)ccc2C)c(C)c1. The summed E-state index contributed by atoms with van der Waals surface area (Å²) in [5.74, 6) is 0.639. The quantitative estimate of drug-likeness (QED) is 0.844. The lowest BCUT2D eigenvalue weighted by molar-refractivity contribution is 0.102. The average molecular weight is 284 g/mol. The van der Waals surface area contributed by atoms with Crippen LogP contribution >= 0.6 is 0 Å². The minimum atomic E-state index is -0.160. The second kappa shape index (κ2) is 6.31. The van der Waals surface area contributed by atoms with Crippen LogP contribution in [-0.4, -0.2) is 12.5 Å². The third-order valence-corrected chi connectivity index (χ3v) is 3.26. The molecule has 0 unspecified atom stereocenters. The van der Waals surface area contributed by atoms with Gasteiger partial charge in [0, 0.05) is 16.9 Å². The van der Waals surface area contributed by atoms with Crippen molar-refractivity contribution in [1.29, 1.82) is 0 Å². The van der Waals surface area contributed by atoms with Gasteiger partial charge in [-0.1, -0.05) is 6.07 Å². The number of nitrogens with two attached hydrogens (primary N) is 1. The standard InChI is InChI=1S/C17H20N2O2/c1-4-21-14-7-8-16(12(3)9-14)19-17(20)15-10-13(18)6-5-11(15)2/h5-10H,4,18H2,1-3H3,(H,19,20). The summed E-state index contributed by atoms with van der Waals surface area (Å²) in [6, 6.07) is 10.9. The van der Waals surface area contributed by atoms with Crippen molar-refractivity contribution in [3.8, 4) is 5.75 Å². The topological polar surface area (TPSA) is 64.3 Å². The maximum Gasteiger partial charge on any atom is 0.256 e. The van der Waals surface area contributed by atoms with Gasteiger partial charge in [0.1, 0.15) is 5.75 Å². The fourth-order valence-electron chi connectivity index (χ4n) is 2.11. The van der Waals surface area contributed by atoms with Gasteiger partial charge in [-0.05, 0) is 62.2 Å². The van der Waals surface area contributed by atoms with E-state index in [2.05, 4.69) is 5.32 Å². The van der Waals surface area contributed by atoms with Crippen LogP contribution in [0.15, 0.2) is 36.4 Å². The molecule has 110 valence electrons. The lowest BCUT2D eigenvalue weighted by atomic mass is 10.1. The monoisotopic (exact) mass is 284 g/mol. The van der Waals surface area contributed by atoms with Gasteiger partial charge in [0.2, 0.25) is 0 Å². The highest BCUT2D eigenvalue weighted by Gasteiger charge is 2.11. The number of hydrogen-bond acceptors (Lipinski definition) is 3. The van der Waals surface area contributed by atoms with E-state index in [1.807, 2.05) is 45.0 Å². The molecule has 0 saturated heterocycles. The van der Waals surface area contributed by atoms with E-state index in [0.29, 0.717) is 17.9 Å². The molecule has 0 radical (unpaired) electrons. The fraction of sp³-hybridized carbons (Fsp3) is 0.235. The first-order valence-electron chi connectivity index (χ1n) is 6.92. The molecule has 1 amide bonds. The minimum Gasteiger partial charge on any atom is -0.494 e. The van der Waals surface area contributed by atoms with Crippen LogP contribution in [0.5, 0.6) is 5.75 Å². The molecule has 0 heterocycles. The van der Waals surface area contributed by atoms with Crippen molar-refractivity contribution in [2.24, 2.45) is 0 Å². The minimum absolute atomic E-state index is 0.160. The molecule has 2 rings (SSSR count). The zero-order valence-electron chi connectivity index (χ0n) is 12.6. The smallest absolute Gasteiger partial charge is 0.256 e. The summed E-state index contributed by atoms with van der Waals surface area (Å²) >= 11 is 0. The van der Waals surface area contributed by atoms with Crippen LogP contribution in [0.1, 0.15) is 28.4 Å². The Hall–Kier alpha value is -2.49. The molecule has 4 heteroatoms. The molecule has 0 aliphatic heterocycles. The van der Waals surface area contributed by atoms with Crippen LogP contribution in [0.25, 0.3) is 0 Å². The molecule has 0 fully saturated rings. The Kier molecular flexibility index (Phi) is 4.48. The highest BCUT2D eigenvalue weighted by molar-refractivity contribution is 6.06. The van der Waals surface area contributed by atoms with Crippen LogP contribution in [0.4, 0.5) is 11.4 Å². The van der Waals surface area contributed by atoms with E-state index in [1.54, 1.807) is 12.1 Å². The Morgan fingerprint density at radius 2 is 1.90 bits per heavy atom. The van der Waals surface area contributed by atoms with Crippen molar-refractivity contribution in [3.05, 3.63) is 53.1 Å². The number of amides is 1. The predicted octanol–water partition coefficient (Wildman–Crippen LogP) is 3.54. The lowest BCUT2D eigenvalue weighted by Crippen LogP contribution is -2.14. The normalized spacial score (nSPS) is 10.2. The number of anilines is 2. The molecule has 2 aromatic rings. The van der Waals surface area contributed by atoms with Crippen molar-refractivity contribution in [1.82, 2.24) is 0 Å². The van der Waals surface area contributed by atoms with E-state index in [0.717, 1.165) is 22.6 Å². The molecule has 4 nitrogen and oxygen atoms in total. The molecule has 3 N–H and O–H groups in total. The maximum atomic E-state index is 12.4. The number of carbonyl (C=O) groups excluding carboxylic acids is 1. The summed E-state index contributed by atoms with van der Waals surface area (Å²) in [5.41, 5.74) is 9.53. The molecule has 0 spiro atoms. The third kappa shape index (κ3) is 3.54.